The van der Waals surface area contributed by atoms with Gasteiger partial charge in [-0.15, -0.1) is 0 Å². The van der Waals surface area contributed by atoms with Gasteiger partial charge in [-0.3, -0.25) is 4.79 Å². The van der Waals surface area contributed by atoms with Crippen molar-refractivity contribution >= 4 is 34.2 Å². The zero-order chi connectivity index (χ0) is 15.1. The largest absolute Gasteiger partial charge is 0.504 e. The van der Waals surface area contributed by atoms with Crippen molar-refractivity contribution in [2.75, 3.05) is 0 Å². The maximum absolute atomic E-state index is 12.5. The number of fused-ring (bicyclic) bond motifs is 1. The molecule has 2 aromatic carbocycles. The number of hydrogen-bond acceptors (Lipinski definition) is 4. The van der Waals surface area contributed by atoms with Crippen LogP contribution in [0.3, 0.4) is 0 Å². The second-order valence-electron chi connectivity index (χ2n) is 4.42. The average Bonchev–Trinajstić information content (AvgIpc) is 2.47. The average molecular weight is 323 g/mol. The van der Waals surface area contributed by atoms with Gasteiger partial charge in [-0.1, -0.05) is 29.3 Å². The van der Waals surface area contributed by atoms with Gasteiger partial charge in [0.2, 0.25) is 11.2 Å². The SMILES string of the molecule is O=c1c(-c2ccc(Cl)c(Cl)c2)coc2c(O)c(O)ccc12. The molecule has 3 rings (SSSR count). The summed E-state index contributed by atoms with van der Waals surface area (Å²) in [7, 11) is 0. The van der Waals surface area contributed by atoms with Crippen molar-refractivity contribution in [2.45, 2.75) is 0 Å². The second-order valence-corrected chi connectivity index (χ2v) is 5.23. The van der Waals surface area contributed by atoms with Gasteiger partial charge in [-0.2, -0.15) is 0 Å². The standard InChI is InChI=1S/C15H8Cl2O4/c16-10-3-1-7(5-11(10)17)9-6-21-15-8(13(9)19)2-4-12(18)14(15)20/h1-6,18,20H. The molecule has 0 aliphatic rings. The third-order valence-corrected chi connectivity index (χ3v) is 3.86. The van der Waals surface area contributed by atoms with Gasteiger partial charge in [0.25, 0.3) is 0 Å². The molecule has 1 heterocycles. The van der Waals surface area contributed by atoms with Crippen LogP contribution in [0.2, 0.25) is 10.0 Å². The lowest BCUT2D eigenvalue weighted by Crippen LogP contribution is -2.04. The maximum atomic E-state index is 12.5. The smallest absolute Gasteiger partial charge is 0.201 e. The Hall–Kier alpha value is -2.17. The van der Waals surface area contributed by atoms with Gasteiger partial charge in [0, 0.05) is 0 Å². The first-order chi connectivity index (χ1) is 9.99. The third kappa shape index (κ3) is 2.22. The maximum Gasteiger partial charge on any atom is 0.201 e. The summed E-state index contributed by atoms with van der Waals surface area (Å²) in [6.45, 7) is 0. The Morgan fingerprint density at radius 1 is 1.00 bits per heavy atom. The summed E-state index contributed by atoms with van der Waals surface area (Å²) in [4.78, 5) is 12.5. The van der Waals surface area contributed by atoms with Gasteiger partial charge in [-0.05, 0) is 29.8 Å². The van der Waals surface area contributed by atoms with E-state index in [1.807, 2.05) is 0 Å². The number of halogens is 2. The van der Waals surface area contributed by atoms with Crippen molar-refractivity contribution in [3.63, 3.8) is 0 Å². The Bertz CT molecular complexity index is 915. The summed E-state index contributed by atoms with van der Waals surface area (Å²) in [5, 5.41) is 20.0. The van der Waals surface area contributed by atoms with Gasteiger partial charge in [-0.25, -0.2) is 0 Å². The van der Waals surface area contributed by atoms with Gasteiger partial charge < -0.3 is 14.6 Å². The predicted octanol–water partition coefficient (Wildman–Crippen LogP) is 4.18. The summed E-state index contributed by atoms with van der Waals surface area (Å²) in [5.41, 5.74) is 0.424. The first kappa shape index (κ1) is 13.8. The molecule has 0 radical (unpaired) electrons. The summed E-state index contributed by atoms with van der Waals surface area (Å²) in [5.74, 6) is -0.821. The van der Waals surface area contributed by atoms with Crippen LogP contribution in [0.15, 0.2) is 45.8 Å². The van der Waals surface area contributed by atoms with Crippen molar-refractivity contribution in [2.24, 2.45) is 0 Å². The summed E-state index contributed by atoms with van der Waals surface area (Å²) in [6.07, 6.45) is 1.21. The molecule has 106 valence electrons. The van der Waals surface area contributed by atoms with Crippen LogP contribution in [-0.4, -0.2) is 10.2 Å². The molecule has 0 saturated heterocycles. The highest BCUT2D eigenvalue weighted by Crippen LogP contribution is 2.34. The molecule has 1 aromatic heterocycles. The predicted molar refractivity (Wildman–Crippen MR) is 81.3 cm³/mol. The Labute approximate surface area is 128 Å². The fraction of sp³-hybridized carbons (Fsp3) is 0. The van der Waals surface area contributed by atoms with Crippen molar-refractivity contribution in [3.8, 4) is 22.6 Å². The molecule has 4 nitrogen and oxygen atoms in total. The van der Waals surface area contributed by atoms with E-state index in [-0.39, 0.29) is 27.7 Å². The van der Waals surface area contributed by atoms with Crippen LogP contribution in [0.5, 0.6) is 11.5 Å². The minimum absolute atomic E-state index is 0.0659. The van der Waals surface area contributed by atoms with Gasteiger partial charge in [0.15, 0.2) is 11.3 Å². The first-order valence-corrected chi connectivity index (χ1v) is 6.66. The minimum Gasteiger partial charge on any atom is -0.504 e. The molecule has 3 aromatic rings. The van der Waals surface area contributed by atoms with E-state index in [0.717, 1.165) is 0 Å². The van der Waals surface area contributed by atoms with E-state index in [1.165, 1.54) is 18.4 Å². The van der Waals surface area contributed by atoms with E-state index >= 15 is 0 Å². The molecule has 0 amide bonds. The van der Waals surface area contributed by atoms with Crippen LogP contribution < -0.4 is 5.43 Å². The molecule has 0 saturated carbocycles. The number of hydrogen-bond donors (Lipinski definition) is 2. The van der Waals surface area contributed by atoms with E-state index < -0.39 is 5.75 Å². The molecular formula is C15H8Cl2O4. The molecule has 0 aliphatic heterocycles. The van der Waals surface area contributed by atoms with Crippen molar-refractivity contribution < 1.29 is 14.6 Å². The molecule has 0 atom stereocenters. The molecule has 6 heteroatoms. The quantitative estimate of drug-likeness (QED) is 0.659. The highest BCUT2D eigenvalue weighted by molar-refractivity contribution is 6.42. The number of aromatic hydroxyl groups is 2. The molecule has 0 unspecified atom stereocenters. The topological polar surface area (TPSA) is 70.7 Å². The zero-order valence-electron chi connectivity index (χ0n) is 10.4. The highest BCUT2D eigenvalue weighted by atomic mass is 35.5. The summed E-state index contributed by atoms with van der Waals surface area (Å²) in [6, 6.07) is 7.40. The molecular weight excluding hydrogens is 315 g/mol. The van der Waals surface area contributed by atoms with Crippen molar-refractivity contribution in [3.05, 3.63) is 56.9 Å². The normalized spacial score (nSPS) is 11.0. The molecule has 0 aliphatic carbocycles. The lowest BCUT2D eigenvalue weighted by atomic mass is 10.1. The Morgan fingerprint density at radius 3 is 2.48 bits per heavy atom. The third-order valence-electron chi connectivity index (χ3n) is 3.12. The van der Waals surface area contributed by atoms with Gasteiger partial charge in [0.1, 0.15) is 6.26 Å². The van der Waals surface area contributed by atoms with Crippen LogP contribution in [0.25, 0.3) is 22.1 Å². The number of phenols is 2. The first-order valence-electron chi connectivity index (χ1n) is 5.91. The van der Waals surface area contributed by atoms with E-state index in [0.29, 0.717) is 15.6 Å². The molecule has 0 bridgehead atoms. The zero-order valence-corrected chi connectivity index (χ0v) is 11.9. The molecule has 21 heavy (non-hydrogen) atoms. The minimum atomic E-state index is -0.467. The van der Waals surface area contributed by atoms with Crippen LogP contribution >= 0.6 is 23.2 Å². The van der Waals surface area contributed by atoms with Crippen molar-refractivity contribution in [1.29, 1.82) is 0 Å². The highest BCUT2D eigenvalue weighted by Gasteiger charge is 2.14. The molecule has 0 spiro atoms. The molecule has 0 fully saturated rings. The summed E-state index contributed by atoms with van der Waals surface area (Å²) >= 11 is 11.8. The molecule has 2 N–H and O–H groups in total. The Morgan fingerprint density at radius 2 is 1.76 bits per heavy atom. The number of phenolic OH excluding ortho intramolecular Hbond substituents is 2. The monoisotopic (exact) mass is 322 g/mol. The lowest BCUT2D eigenvalue weighted by molar-refractivity contribution is 0.399. The van der Waals surface area contributed by atoms with Gasteiger partial charge >= 0.3 is 0 Å². The Balaban J connectivity index is 2.30. The summed E-state index contributed by atoms with van der Waals surface area (Å²) < 4.78 is 5.27. The van der Waals surface area contributed by atoms with Crippen LogP contribution in [-0.2, 0) is 0 Å². The van der Waals surface area contributed by atoms with Crippen LogP contribution in [0.1, 0.15) is 0 Å². The number of benzene rings is 2. The fourth-order valence-electron chi connectivity index (χ4n) is 2.04. The van der Waals surface area contributed by atoms with Crippen LogP contribution in [0.4, 0.5) is 0 Å². The van der Waals surface area contributed by atoms with E-state index in [4.69, 9.17) is 27.6 Å². The fourth-order valence-corrected chi connectivity index (χ4v) is 2.34. The lowest BCUT2D eigenvalue weighted by Gasteiger charge is -2.06. The van der Waals surface area contributed by atoms with E-state index in [2.05, 4.69) is 0 Å². The van der Waals surface area contributed by atoms with Crippen molar-refractivity contribution in [1.82, 2.24) is 0 Å². The van der Waals surface area contributed by atoms with Gasteiger partial charge in [0.05, 0.1) is 21.0 Å². The van der Waals surface area contributed by atoms with Crippen LogP contribution in [0, 0.1) is 0 Å². The Kier molecular flexibility index (Phi) is 3.27. The van der Waals surface area contributed by atoms with E-state index in [9.17, 15) is 15.0 Å². The van der Waals surface area contributed by atoms with E-state index in [1.54, 1.807) is 18.2 Å². The number of rotatable bonds is 1. The second kappa shape index (κ2) is 4.98.